The number of carbonyl (C=O) groups excluding carboxylic acids is 1. The molecule has 0 saturated carbocycles. The average Bonchev–Trinajstić information content (AvgIpc) is 2.80. The summed E-state index contributed by atoms with van der Waals surface area (Å²) in [5, 5.41) is 2.73. The quantitative estimate of drug-likeness (QED) is 0.410. The lowest BCUT2D eigenvalue weighted by Gasteiger charge is -2.23. The van der Waals surface area contributed by atoms with E-state index in [1.165, 1.54) is 0 Å². The van der Waals surface area contributed by atoms with Crippen molar-refractivity contribution >= 4 is 21.6 Å². The van der Waals surface area contributed by atoms with Gasteiger partial charge in [0.1, 0.15) is 30.4 Å². The highest BCUT2D eigenvalue weighted by Gasteiger charge is 2.21. The normalized spacial score (nSPS) is 11.5. The van der Waals surface area contributed by atoms with Gasteiger partial charge in [0, 0.05) is 0 Å². The first-order chi connectivity index (χ1) is 16.5. The Morgan fingerprint density at radius 1 is 0.886 bits per heavy atom. The number of carbonyl (C=O) groups is 1. The minimum atomic E-state index is -3.68. The monoisotopic (exact) mass is 496 g/mol. The largest absolute Gasteiger partial charge is 0.491 e. The fourth-order valence-electron chi connectivity index (χ4n) is 3.45. The molecule has 3 aromatic carbocycles. The Hall–Kier alpha value is -3.52. The lowest BCUT2D eigenvalue weighted by Crippen LogP contribution is -2.41. The van der Waals surface area contributed by atoms with Crippen molar-refractivity contribution in [3.05, 3.63) is 84.4 Å². The van der Waals surface area contributed by atoms with Crippen molar-refractivity contribution in [2.45, 2.75) is 26.2 Å². The zero-order valence-electron chi connectivity index (χ0n) is 20.5. The van der Waals surface area contributed by atoms with Crippen molar-refractivity contribution in [3.8, 4) is 17.2 Å². The molecular weight excluding hydrogens is 464 g/mol. The summed E-state index contributed by atoms with van der Waals surface area (Å²) in [5.41, 5.74) is 1.38. The predicted molar refractivity (Wildman–Crippen MR) is 139 cm³/mol. The minimum absolute atomic E-state index is 0.0719. The molecule has 1 amide bonds. The van der Waals surface area contributed by atoms with E-state index in [9.17, 15) is 13.2 Å². The third kappa shape index (κ3) is 7.75. The second-order valence-corrected chi connectivity index (χ2v) is 11.0. The fraction of sp³-hybridized carbons (Fsp3) is 0.296. The number of nitrogens with one attached hydrogen (secondary N) is 1. The van der Waals surface area contributed by atoms with Crippen LogP contribution >= 0.6 is 0 Å². The first kappa shape index (κ1) is 26.1. The second kappa shape index (κ2) is 11.3. The highest BCUT2D eigenvalue weighted by Crippen LogP contribution is 2.31. The molecule has 35 heavy (non-hydrogen) atoms. The molecule has 0 aliphatic rings. The standard InChI is InChI=1S/C27H32N2O5S/c1-27(2,3)24-12-8-9-13-25(24)33-19-18-28-26(30)20-29(35(4,31)32)21-14-16-23(17-15-21)34-22-10-6-5-7-11-22/h5-17H,18-20H2,1-4H3,(H,28,30). The van der Waals surface area contributed by atoms with Crippen molar-refractivity contribution in [2.75, 3.05) is 30.3 Å². The lowest BCUT2D eigenvalue weighted by molar-refractivity contribution is -0.119. The van der Waals surface area contributed by atoms with Gasteiger partial charge in [-0.2, -0.15) is 0 Å². The zero-order valence-corrected chi connectivity index (χ0v) is 21.3. The van der Waals surface area contributed by atoms with E-state index < -0.39 is 15.9 Å². The number of hydrogen-bond donors (Lipinski definition) is 1. The molecule has 0 saturated heterocycles. The van der Waals surface area contributed by atoms with Gasteiger partial charge in [-0.15, -0.1) is 0 Å². The molecular formula is C27H32N2O5S. The van der Waals surface area contributed by atoms with Crippen molar-refractivity contribution in [2.24, 2.45) is 0 Å². The van der Waals surface area contributed by atoms with Crippen LogP contribution in [0.2, 0.25) is 0 Å². The van der Waals surface area contributed by atoms with E-state index in [0.717, 1.165) is 21.9 Å². The molecule has 0 atom stereocenters. The number of anilines is 1. The Bertz CT molecular complexity index is 1220. The number of benzene rings is 3. The summed E-state index contributed by atoms with van der Waals surface area (Å²) < 4.78 is 37.4. The van der Waals surface area contributed by atoms with E-state index in [0.29, 0.717) is 17.2 Å². The highest BCUT2D eigenvalue weighted by atomic mass is 32.2. The maximum Gasteiger partial charge on any atom is 0.240 e. The van der Waals surface area contributed by atoms with Crippen LogP contribution in [-0.4, -0.2) is 40.3 Å². The molecule has 1 N–H and O–H groups in total. The van der Waals surface area contributed by atoms with Crippen LogP contribution in [0.25, 0.3) is 0 Å². The van der Waals surface area contributed by atoms with E-state index in [1.807, 2.05) is 54.6 Å². The summed E-state index contributed by atoms with van der Waals surface area (Å²) in [6, 6.07) is 23.6. The molecule has 0 spiro atoms. The number of ether oxygens (including phenoxy) is 2. The number of nitrogens with zero attached hydrogens (tertiary/aromatic N) is 1. The van der Waals surface area contributed by atoms with Crippen LogP contribution in [0.1, 0.15) is 26.3 Å². The van der Waals surface area contributed by atoms with Gasteiger partial charge in [-0.05, 0) is 53.4 Å². The SMILES string of the molecule is CC(C)(C)c1ccccc1OCCNC(=O)CN(c1ccc(Oc2ccccc2)cc1)S(C)(=O)=O. The Kier molecular flexibility index (Phi) is 8.40. The van der Waals surface area contributed by atoms with E-state index in [2.05, 4.69) is 26.1 Å². The van der Waals surface area contributed by atoms with E-state index in [1.54, 1.807) is 24.3 Å². The minimum Gasteiger partial charge on any atom is -0.491 e. The Labute approximate surface area is 207 Å². The Morgan fingerprint density at radius 3 is 2.11 bits per heavy atom. The third-order valence-electron chi connectivity index (χ3n) is 5.17. The first-order valence-electron chi connectivity index (χ1n) is 11.3. The van der Waals surface area contributed by atoms with Gasteiger partial charge in [0.2, 0.25) is 15.9 Å². The Morgan fingerprint density at radius 2 is 1.49 bits per heavy atom. The van der Waals surface area contributed by atoms with Crippen LogP contribution in [-0.2, 0) is 20.2 Å². The summed E-state index contributed by atoms with van der Waals surface area (Å²) in [6.45, 7) is 6.50. The van der Waals surface area contributed by atoms with Crippen molar-refractivity contribution in [1.29, 1.82) is 0 Å². The summed E-state index contributed by atoms with van der Waals surface area (Å²) in [6.07, 6.45) is 1.07. The molecule has 0 fully saturated rings. The van der Waals surface area contributed by atoms with Gasteiger partial charge in [0.25, 0.3) is 0 Å². The third-order valence-corrected chi connectivity index (χ3v) is 6.31. The van der Waals surface area contributed by atoms with Crippen LogP contribution in [0.4, 0.5) is 5.69 Å². The maximum absolute atomic E-state index is 12.5. The van der Waals surface area contributed by atoms with Gasteiger partial charge in [-0.1, -0.05) is 57.2 Å². The zero-order chi connectivity index (χ0) is 25.5. The molecule has 0 heterocycles. The summed E-state index contributed by atoms with van der Waals surface area (Å²) in [4.78, 5) is 12.5. The average molecular weight is 497 g/mol. The number of amides is 1. The topological polar surface area (TPSA) is 84.9 Å². The summed E-state index contributed by atoms with van der Waals surface area (Å²) in [7, 11) is -3.68. The summed E-state index contributed by atoms with van der Waals surface area (Å²) in [5.74, 6) is 1.58. The molecule has 0 aromatic heterocycles. The van der Waals surface area contributed by atoms with Gasteiger partial charge >= 0.3 is 0 Å². The molecule has 3 aromatic rings. The second-order valence-electron chi connectivity index (χ2n) is 9.12. The number of hydrogen-bond acceptors (Lipinski definition) is 5. The molecule has 0 aliphatic carbocycles. The van der Waals surface area contributed by atoms with Crippen LogP contribution in [0, 0.1) is 0 Å². The van der Waals surface area contributed by atoms with E-state index >= 15 is 0 Å². The molecule has 7 nitrogen and oxygen atoms in total. The van der Waals surface area contributed by atoms with Crippen LogP contribution < -0.4 is 19.1 Å². The number of para-hydroxylation sites is 2. The number of sulfonamides is 1. The van der Waals surface area contributed by atoms with Gasteiger partial charge in [0.05, 0.1) is 18.5 Å². The van der Waals surface area contributed by atoms with Crippen molar-refractivity contribution in [1.82, 2.24) is 5.32 Å². The van der Waals surface area contributed by atoms with E-state index in [4.69, 9.17) is 9.47 Å². The predicted octanol–water partition coefficient (Wildman–Crippen LogP) is 4.74. The fourth-order valence-corrected chi connectivity index (χ4v) is 4.31. The highest BCUT2D eigenvalue weighted by molar-refractivity contribution is 7.92. The lowest BCUT2D eigenvalue weighted by atomic mass is 9.86. The molecule has 186 valence electrons. The molecule has 8 heteroatoms. The molecule has 0 aliphatic heterocycles. The molecule has 0 bridgehead atoms. The Balaban J connectivity index is 1.57. The number of rotatable bonds is 10. The van der Waals surface area contributed by atoms with Gasteiger partial charge in [0.15, 0.2) is 0 Å². The maximum atomic E-state index is 12.5. The van der Waals surface area contributed by atoms with Crippen LogP contribution in [0.15, 0.2) is 78.9 Å². The smallest absolute Gasteiger partial charge is 0.240 e. The molecule has 0 radical (unpaired) electrons. The molecule has 0 unspecified atom stereocenters. The van der Waals surface area contributed by atoms with Crippen molar-refractivity contribution < 1.29 is 22.7 Å². The van der Waals surface area contributed by atoms with Gasteiger partial charge in [-0.3, -0.25) is 9.10 Å². The van der Waals surface area contributed by atoms with Gasteiger partial charge in [-0.25, -0.2) is 8.42 Å². The van der Waals surface area contributed by atoms with E-state index in [-0.39, 0.29) is 25.1 Å². The van der Waals surface area contributed by atoms with Crippen LogP contribution in [0.3, 0.4) is 0 Å². The van der Waals surface area contributed by atoms with Crippen LogP contribution in [0.5, 0.6) is 17.2 Å². The van der Waals surface area contributed by atoms with Gasteiger partial charge < -0.3 is 14.8 Å². The summed E-state index contributed by atoms with van der Waals surface area (Å²) >= 11 is 0. The molecule has 3 rings (SSSR count). The van der Waals surface area contributed by atoms with Crippen molar-refractivity contribution in [3.63, 3.8) is 0 Å². The first-order valence-corrected chi connectivity index (χ1v) is 13.2.